The summed E-state index contributed by atoms with van der Waals surface area (Å²) in [6.07, 6.45) is 2.78. The van der Waals surface area contributed by atoms with Crippen LogP contribution in [0.25, 0.3) is 0 Å². The maximum Gasteiger partial charge on any atom is 0.236 e. The molecular weight excluding hydrogens is 336 g/mol. The Kier molecular flexibility index (Phi) is 6.02. The summed E-state index contributed by atoms with van der Waals surface area (Å²) in [7, 11) is -3.46. The van der Waals surface area contributed by atoms with Gasteiger partial charge in [0.15, 0.2) is 11.1 Å². The van der Waals surface area contributed by atoms with Crippen molar-refractivity contribution in [1.82, 2.24) is 4.98 Å². The summed E-state index contributed by atoms with van der Waals surface area (Å²) in [5.74, 6) is -1.40. The zero-order valence-electron chi connectivity index (χ0n) is 11.8. The van der Waals surface area contributed by atoms with E-state index < -0.39 is 38.0 Å². The molecule has 0 aliphatic carbocycles. The molecule has 0 aromatic carbocycles. The van der Waals surface area contributed by atoms with Crippen molar-refractivity contribution >= 4 is 38.2 Å². The molecule has 0 bridgehead atoms. The Hall–Kier alpha value is -0.840. The molecule has 0 spiro atoms. The lowest BCUT2D eigenvalue weighted by Crippen LogP contribution is -2.37. The summed E-state index contributed by atoms with van der Waals surface area (Å²) in [4.78, 5) is 15.8. The highest BCUT2D eigenvalue weighted by atomic mass is 32.2. The van der Waals surface area contributed by atoms with Gasteiger partial charge in [0.2, 0.25) is 20.1 Å². The number of carbonyl (C=O) groups is 1. The number of rotatable bonds is 7. The fourth-order valence-corrected chi connectivity index (χ4v) is 4.71. The van der Waals surface area contributed by atoms with Crippen molar-refractivity contribution in [3.8, 4) is 0 Å². The lowest BCUT2D eigenvalue weighted by atomic mass is 9.92. The molecular formula is C11H18N2O5S3. The lowest BCUT2D eigenvalue weighted by molar-refractivity contribution is -0.118. The first kappa shape index (κ1) is 18.2. The van der Waals surface area contributed by atoms with Crippen LogP contribution >= 0.6 is 11.3 Å². The largest absolute Gasteiger partial charge is 0.369 e. The summed E-state index contributed by atoms with van der Waals surface area (Å²) < 4.78 is 43.6. The molecule has 0 saturated heterocycles. The molecule has 1 aromatic rings. The fourth-order valence-electron chi connectivity index (χ4n) is 1.95. The number of nitrogens with two attached hydrogens (primary N) is 1. The molecule has 3 atom stereocenters. The first-order valence-corrected chi connectivity index (χ1v) is 9.96. The van der Waals surface area contributed by atoms with Crippen LogP contribution in [0.5, 0.6) is 0 Å². The summed E-state index contributed by atoms with van der Waals surface area (Å²) in [5.41, 5.74) is 5.22. The van der Waals surface area contributed by atoms with Gasteiger partial charge in [-0.05, 0) is 12.3 Å². The van der Waals surface area contributed by atoms with Gasteiger partial charge in [-0.1, -0.05) is 13.8 Å². The highest BCUT2D eigenvalue weighted by Crippen LogP contribution is 2.34. The maximum atomic E-state index is 11.5. The molecule has 1 aromatic heterocycles. The van der Waals surface area contributed by atoms with E-state index in [4.69, 9.17) is 5.73 Å². The second kappa shape index (κ2) is 6.95. The van der Waals surface area contributed by atoms with Crippen LogP contribution in [0.3, 0.4) is 0 Å². The van der Waals surface area contributed by atoms with Gasteiger partial charge in [0.1, 0.15) is 5.25 Å². The number of aromatic nitrogens is 1. The zero-order valence-corrected chi connectivity index (χ0v) is 14.3. The predicted molar refractivity (Wildman–Crippen MR) is 81.2 cm³/mol. The molecule has 3 unspecified atom stereocenters. The smallest absolute Gasteiger partial charge is 0.236 e. The van der Waals surface area contributed by atoms with E-state index in [1.807, 2.05) is 13.8 Å². The van der Waals surface area contributed by atoms with E-state index in [1.54, 1.807) is 0 Å². The van der Waals surface area contributed by atoms with Crippen molar-refractivity contribution in [2.75, 3.05) is 6.26 Å². The van der Waals surface area contributed by atoms with Gasteiger partial charge in [-0.25, -0.2) is 17.6 Å². The Bertz CT molecular complexity index is 624. The number of carbonyl (C=O) groups excluding carboxylic acids is 1. The van der Waals surface area contributed by atoms with Crippen LogP contribution in [0.15, 0.2) is 10.5 Å². The Morgan fingerprint density at radius 2 is 2.10 bits per heavy atom. The van der Waals surface area contributed by atoms with Gasteiger partial charge >= 0.3 is 0 Å². The summed E-state index contributed by atoms with van der Waals surface area (Å²) in [6.45, 7) is 3.79. The summed E-state index contributed by atoms with van der Waals surface area (Å²) >= 11 is -1.54. The molecule has 21 heavy (non-hydrogen) atoms. The van der Waals surface area contributed by atoms with E-state index in [-0.39, 0.29) is 10.3 Å². The van der Waals surface area contributed by atoms with Crippen LogP contribution in [-0.2, 0) is 25.7 Å². The van der Waals surface area contributed by atoms with Crippen molar-refractivity contribution in [3.63, 3.8) is 0 Å². The molecule has 3 N–H and O–H groups in total. The van der Waals surface area contributed by atoms with E-state index in [9.17, 15) is 22.0 Å². The third-order valence-electron chi connectivity index (χ3n) is 2.77. The molecule has 1 amide bonds. The normalized spacial score (nSPS) is 16.6. The van der Waals surface area contributed by atoms with E-state index in [2.05, 4.69) is 4.98 Å². The Morgan fingerprint density at radius 1 is 1.52 bits per heavy atom. The molecule has 1 rings (SSSR count). The molecule has 0 fully saturated rings. The maximum absolute atomic E-state index is 11.5. The first-order chi connectivity index (χ1) is 9.54. The minimum Gasteiger partial charge on any atom is -0.369 e. The first-order valence-electron chi connectivity index (χ1n) is 6.08. The fraction of sp³-hybridized carbons (Fsp3) is 0.636. The topological polar surface area (TPSA) is 127 Å². The number of sulfone groups is 1. The van der Waals surface area contributed by atoms with Gasteiger partial charge in [-0.3, -0.25) is 4.79 Å². The number of amides is 1. The van der Waals surface area contributed by atoms with Crippen molar-refractivity contribution < 1.29 is 22.0 Å². The minimum absolute atomic E-state index is 0.0850. The minimum atomic E-state index is -3.46. The summed E-state index contributed by atoms with van der Waals surface area (Å²) in [6, 6.07) is 0. The second-order valence-corrected chi connectivity index (χ2v) is 9.45. The van der Waals surface area contributed by atoms with Crippen molar-refractivity contribution in [2.45, 2.75) is 35.8 Å². The average molecular weight is 354 g/mol. The van der Waals surface area contributed by atoms with Crippen molar-refractivity contribution in [2.24, 2.45) is 11.7 Å². The molecule has 10 heteroatoms. The molecule has 0 aliphatic heterocycles. The van der Waals surface area contributed by atoms with Gasteiger partial charge in [-0.15, -0.1) is 11.3 Å². The highest BCUT2D eigenvalue weighted by molar-refractivity contribution is 7.92. The summed E-state index contributed by atoms with van der Waals surface area (Å²) in [5, 5.41) is -1.29. The highest BCUT2D eigenvalue weighted by Gasteiger charge is 2.35. The van der Waals surface area contributed by atoms with Crippen LogP contribution in [0.1, 0.15) is 31.1 Å². The quantitative estimate of drug-likeness (QED) is 0.696. The van der Waals surface area contributed by atoms with Crippen LogP contribution in [-0.4, -0.2) is 39.6 Å². The van der Waals surface area contributed by atoms with E-state index >= 15 is 0 Å². The van der Waals surface area contributed by atoms with Crippen LogP contribution in [0.2, 0.25) is 0 Å². The molecule has 0 saturated carbocycles. The number of thiazole rings is 1. The van der Waals surface area contributed by atoms with Crippen LogP contribution in [0, 0.1) is 5.92 Å². The van der Waals surface area contributed by atoms with Crippen LogP contribution < -0.4 is 5.73 Å². The van der Waals surface area contributed by atoms with Crippen molar-refractivity contribution in [3.05, 3.63) is 11.1 Å². The molecule has 7 nitrogen and oxygen atoms in total. The number of primary amides is 1. The monoisotopic (exact) mass is 354 g/mol. The zero-order chi connectivity index (χ0) is 16.4. The van der Waals surface area contributed by atoms with Crippen molar-refractivity contribution in [1.29, 1.82) is 0 Å². The van der Waals surface area contributed by atoms with Gasteiger partial charge in [0, 0.05) is 23.2 Å². The van der Waals surface area contributed by atoms with Gasteiger partial charge in [0.05, 0.1) is 0 Å². The van der Waals surface area contributed by atoms with Gasteiger partial charge < -0.3 is 10.3 Å². The third kappa shape index (κ3) is 4.83. The number of hydrogen-bond acceptors (Lipinski definition) is 6. The standard InChI is InChI=1S/C11H18N2O5S3/c1-6(2)4-7(9(10(12)14)20(15)16)8-5-13-11(19-8)21(3,17)18/h5-7,9H,4H2,1-3H3,(H2,12,14)(H,15,16). The Balaban J connectivity index is 3.28. The third-order valence-corrected chi connectivity index (χ3v) is 6.59. The predicted octanol–water partition coefficient (Wildman–Crippen LogP) is 0.752. The molecule has 1 heterocycles. The lowest BCUT2D eigenvalue weighted by Gasteiger charge is -2.22. The number of nitrogens with zero attached hydrogens (tertiary/aromatic N) is 1. The van der Waals surface area contributed by atoms with E-state index in [0.29, 0.717) is 11.3 Å². The van der Waals surface area contributed by atoms with Crippen LogP contribution in [0.4, 0.5) is 0 Å². The SMILES string of the molecule is CC(C)CC(c1cnc(S(C)(=O)=O)s1)C(C(N)=O)S(=O)O. The Labute approximate surface area is 130 Å². The molecule has 0 radical (unpaired) electrons. The van der Waals surface area contributed by atoms with E-state index in [1.165, 1.54) is 6.20 Å². The second-order valence-electron chi connectivity index (χ2n) is 5.14. The molecule has 120 valence electrons. The number of hydrogen-bond donors (Lipinski definition) is 2. The van der Waals surface area contributed by atoms with Gasteiger partial charge in [-0.2, -0.15) is 0 Å². The Morgan fingerprint density at radius 3 is 2.43 bits per heavy atom. The average Bonchev–Trinajstić information content (AvgIpc) is 2.74. The van der Waals surface area contributed by atoms with E-state index in [0.717, 1.165) is 17.6 Å². The molecule has 0 aliphatic rings. The van der Waals surface area contributed by atoms with Gasteiger partial charge in [0.25, 0.3) is 0 Å².